The lowest BCUT2D eigenvalue weighted by molar-refractivity contribution is -0.138. The van der Waals surface area contributed by atoms with Gasteiger partial charge in [-0.3, -0.25) is 9.69 Å². The predicted octanol–water partition coefficient (Wildman–Crippen LogP) is 0.893. The van der Waals surface area contributed by atoms with Crippen LogP contribution in [-0.2, 0) is 26.6 Å². The minimum absolute atomic E-state index is 0.116. The second kappa shape index (κ2) is 7.59. The molecule has 1 aromatic heterocycles. The molecule has 1 N–H and O–H groups in total. The van der Waals surface area contributed by atoms with E-state index < -0.39 is 16.0 Å². The number of rotatable bonds is 6. The Morgan fingerprint density at radius 1 is 1.37 bits per heavy atom. The summed E-state index contributed by atoms with van der Waals surface area (Å²) in [6.07, 6.45) is -0.367. The zero-order valence-corrected chi connectivity index (χ0v) is 16.6. The van der Waals surface area contributed by atoms with E-state index in [1.807, 2.05) is 42.8 Å². The van der Waals surface area contributed by atoms with Crippen molar-refractivity contribution in [2.75, 3.05) is 39.8 Å². The van der Waals surface area contributed by atoms with E-state index in [1.165, 1.54) is 4.31 Å². The van der Waals surface area contributed by atoms with Crippen LogP contribution in [0, 0.1) is 6.92 Å². The van der Waals surface area contributed by atoms with E-state index in [-0.39, 0.29) is 32.3 Å². The number of likely N-dealkylation sites (N-methyl/N-ethyl adjacent to an activating group) is 1. The first-order chi connectivity index (χ1) is 12.7. The van der Waals surface area contributed by atoms with Crippen molar-refractivity contribution in [2.45, 2.75) is 17.9 Å². The van der Waals surface area contributed by atoms with E-state index in [2.05, 4.69) is 0 Å². The molecule has 27 heavy (non-hydrogen) atoms. The number of sulfonamides is 1. The fourth-order valence-electron chi connectivity index (χ4n) is 3.60. The van der Waals surface area contributed by atoms with Gasteiger partial charge in [0.15, 0.2) is 0 Å². The van der Waals surface area contributed by atoms with Crippen LogP contribution in [0.1, 0.15) is 5.69 Å². The first-order valence-electron chi connectivity index (χ1n) is 8.78. The summed E-state index contributed by atoms with van der Waals surface area (Å²) in [5.74, 6) is -0.927. The third kappa shape index (κ3) is 3.86. The van der Waals surface area contributed by atoms with Crippen LogP contribution >= 0.6 is 0 Å². The average Bonchev–Trinajstić information content (AvgIpc) is 2.86. The molecule has 1 unspecified atom stereocenters. The smallest absolute Gasteiger partial charge is 0.317 e. The van der Waals surface area contributed by atoms with Gasteiger partial charge < -0.3 is 14.4 Å². The molecule has 0 radical (unpaired) electrons. The molecular formula is C18H25N3O5S. The lowest BCUT2D eigenvalue weighted by Crippen LogP contribution is -2.49. The van der Waals surface area contributed by atoms with Crippen LogP contribution in [0.15, 0.2) is 29.2 Å². The van der Waals surface area contributed by atoms with Crippen LogP contribution in [0.25, 0.3) is 10.9 Å². The maximum absolute atomic E-state index is 13.4. The summed E-state index contributed by atoms with van der Waals surface area (Å²) < 4.78 is 35.8. The van der Waals surface area contributed by atoms with E-state index >= 15 is 0 Å². The third-order valence-corrected chi connectivity index (χ3v) is 7.00. The molecule has 0 bridgehead atoms. The number of benzene rings is 1. The molecule has 0 amide bonds. The summed E-state index contributed by atoms with van der Waals surface area (Å²) in [4.78, 5) is 12.8. The number of nitrogens with zero attached hydrogens (tertiary/aromatic N) is 3. The number of carboxylic acid groups (broad SMARTS) is 1. The van der Waals surface area contributed by atoms with Gasteiger partial charge in [-0.1, -0.05) is 18.2 Å². The number of carbonyl (C=O) groups is 1. The van der Waals surface area contributed by atoms with Crippen LogP contribution in [0.4, 0.5) is 0 Å². The monoisotopic (exact) mass is 395 g/mol. The number of hydrogen-bond donors (Lipinski definition) is 1. The minimum atomic E-state index is -3.69. The maximum Gasteiger partial charge on any atom is 0.317 e. The Labute approximate surface area is 159 Å². The first-order valence-corrected chi connectivity index (χ1v) is 10.2. The van der Waals surface area contributed by atoms with Crippen LogP contribution in [0.3, 0.4) is 0 Å². The molecule has 8 nitrogen and oxygen atoms in total. The standard InChI is InChI=1S/C18H25N3O5S/c1-13-18(15-6-4-5-7-16(15)20(13)3)27(24,25)21-8-9-26-14(11-21)10-19(2)12-17(22)23/h4-7,14H,8-12H2,1-3H3,(H,22,23). The molecule has 1 aliphatic heterocycles. The Kier molecular flexibility index (Phi) is 5.57. The number of para-hydroxylation sites is 1. The van der Waals surface area contributed by atoms with Crippen molar-refractivity contribution < 1.29 is 23.1 Å². The van der Waals surface area contributed by atoms with Gasteiger partial charge in [-0.2, -0.15) is 4.31 Å². The van der Waals surface area contributed by atoms with E-state index in [1.54, 1.807) is 11.9 Å². The highest BCUT2D eigenvalue weighted by Gasteiger charge is 2.34. The van der Waals surface area contributed by atoms with Crippen LogP contribution < -0.4 is 0 Å². The SMILES string of the molecule is Cc1c(S(=O)(=O)N2CCOC(CN(C)CC(=O)O)C2)c2ccccc2n1C. The molecule has 2 aromatic rings. The quantitative estimate of drug-likeness (QED) is 0.781. The molecule has 0 aliphatic carbocycles. The normalized spacial score (nSPS) is 19.0. The molecule has 148 valence electrons. The average molecular weight is 395 g/mol. The Morgan fingerprint density at radius 2 is 2.07 bits per heavy atom. The van der Waals surface area contributed by atoms with E-state index in [9.17, 15) is 13.2 Å². The molecule has 1 atom stereocenters. The van der Waals surface area contributed by atoms with Gasteiger partial charge in [0.2, 0.25) is 10.0 Å². The topological polar surface area (TPSA) is 92.1 Å². The maximum atomic E-state index is 13.4. The number of carboxylic acids is 1. The van der Waals surface area contributed by atoms with Crippen molar-refractivity contribution in [1.29, 1.82) is 0 Å². The van der Waals surface area contributed by atoms with Gasteiger partial charge in [0.25, 0.3) is 0 Å². The number of aliphatic carboxylic acids is 1. The van der Waals surface area contributed by atoms with Gasteiger partial charge in [0, 0.05) is 43.3 Å². The molecule has 1 aliphatic rings. The van der Waals surface area contributed by atoms with E-state index in [4.69, 9.17) is 9.84 Å². The van der Waals surface area contributed by atoms with E-state index in [0.717, 1.165) is 5.52 Å². The Bertz CT molecular complexity index is 953. The highest BCUT2D eigenvalue weighted by Crippen LogP contribution is 2.31. The summed E-state index contributed by atoms with van der Waals surface area (Å²) in [5.41, 5.74) is 1.57. The van der Waals surface area contributed by atoms with E-state index in [0.29, 0.717) is 22.5 Å². The highest BCUT2D eigenvalue weighted by atomic mass is 32.2. The predicted molar refractivity (Wildman–Crippen MR) is 101 cm³/mol. The number of hydrogen-bond acceptors (Lipinski definition) is 5. The Balaban J connectivity index is 1.87. The molecule has 9 heteroatoms. The molecule has 0 saturated carbocycles. The number of aromatic nitrogens is 1. The zero-order valence-electron chi connectivity index (χ0n) is 15.8. The zero-order chi connectivity index (χ0) is 19.8. The largest absolute Gasteiger partial charge is 0.480 e. The summed E-state index contributed by atoms with van der Waals surface area (Å²) in [7, 11) is -0.151. The number of aryl methyl sites for hydroxylation is 1. The number of fused-ring (bicyclic) bond motifs is 1. The summed E-state index contributed by atoms with van der Waals surface area (Å²) in [5, 5.41) is 9.60. The molecule has 0 spiro atoms. The van der Waals surface area contributed by atoms with Crippen molar-refractivity contribution >= 4 is 26.9 Å². The summed E-state index contributed by atoms with van der Waals surface area (Å²) >= 11 is 0. The molecule has 1 aromatic carbocycles. The van der Waals surface area contributed by atoms with Crippen LogP contribution in [-0.4, -0.2) is 79.2 Å². The summed E-state index contributed by atoms with van der Waals surface area (Å²) in [6.45, 7) is 2.82. The number of ether oxygens (including phenoxy) is 1. The van der Waals surface area contributed by atoms with Gasteiger partial charge in [-0.05, 0) is 20.0 Å². The first kappa shape index (κ1) is 19.8. The fraction of sp³-hybridized carbons (Fsp3) is 0.500. The van der Waals surface area contributed by atoms with Crippen molar-refractivity contribution in [3.63, 3.8) is 0 Å². The van der Waals surface area contributed by atoms with Crippen LogP contribution in [0.2, 0.25) is 0 Å². The molecule has 2 heterocycles. The van der Waals surface area contributed by atoms with Gasteiger partial charge in [-0.25, -0.2) is 8.42 Å². The Morgan fingerprint density at radius 3 is 2.78 bits per heavy atom. The van der Waals surface area contributed by atoms with Gasteiger partial charge in [-0.15, -0.1) is 0 Å². The minimum Gasteiger partial charge on any atom is -0.480 e. The molecule has 1 fully saturated rings. The van der Waals surface area contributed by atoms with Gasteiger partial charge >= 0.3 is 5.97 Å². The summed E-state index contributed by atoms with van der Waals surface area (Å²) in [6, 6.07) is 7.46. The molecule has 1 saturated heterocycles. The van der Waals surface area contributed by atoms with Crippen LogP contribution in [0.5, 0.6) is 0 Å². The lowest BCUT2D eigenvalue weighted by Gasteiger charge is -2.33. The van der Waals surface area contributed by atoms with Gasteiger partial charge in [0.1, 0.15) is 4.90 Å². The van der Waals surface area contributed by atoms with Gasteiger partial charge in [0.05, 0.1) is 19.3 Å². The second-order valence-corrected chi connectivity index (χ2v) is 8.81. The third-order valence-electron chi connectivity index (χ3n) is 4.96. The fourth-order valence-corrected chi connectivity index (χ4v) is 5.50. The second-order valence-electron chi connectivity index (χ2n) is 6.94. The van der Waals surface area contributed by atoms with Crippen molar-refractivity contribution in [2.24, 2.45) is 7.05 Å². The molecule has 3 rings (SSSR count). The highest BCUT2D eigenvalue weighted by molar-refractivity contribution is 7.89. The van der Waals surface area contributed by atoms with Crippen molar-refractivity contribution in [3.05, 3.63) is 30.0 Å². The van der Waals surface area contributed by atoms with Crippen molar-refractivity contribution in [1.82, 2.24) is 13.8 Å². The lowest BCUT2D eigenvalue weighted by atomic mass is 10.2. The molecular weight excluding hydrogens is 370 g/mol. The number of morpholine rings is 1. The Hall–Kier alpha value is -1.94. The van der Waals surface area contributed by atoms with Crippen molar-refractivity contribution in [3.8, 4) is 0 Å².